The molecular formula is C18H15NO3. The standard InChI is InChI=1S/C18H15NO3/c1-18(2)6-5-11-15(22-18)4-3-13-16(11)12-7-10(9-20)8-14(21)17(12)19-13/h3-9,19,21H,1-2H3. The highest BCUT2D eigenvalue weighted by Gasteiger charge is 2.24. The molecule has 2 heterocycles. The average molecular weight is 293 g/mol. The van der Waals surface area contributed by atoms with Gasteiger partial charge in [0.25, 0.3) is 0 Å². The summed E-state index contributed by atoms with van der Waals surface area (Å²) in [5.41, 5.74) is 2.60. The first-order valence-electron chi connectivity index (χ1n) is 7.13. The molecule has 2 N–H and O–H groups in total. The van der Waals surface area contributed by atoms with Crippen molar-refractivity contribution in [1.82, 2.24) is 4.98 Å². The smallest absolute Gasteiger partial charge is 0.150 e. The van der Waals surface area contributed by atoms with Crippen LogP contribution in [0.4, 0.5) is 0 Å². The van der Waals surface area contributed by atoms with Crippen LogP contribution in [0.2, 0.25) is 0 Å². The molecule has 1 aliphatic rings. The van der Waals surface area contributed by atoms with Crippen molar-refractivity contribution < 1.29 is 14.6 Å². The number of aldehydes is 1. The quantitative estimate of drug-likeness (QED) is 0.666. The molecule has 0 amide bonds. The summed E-state index contributed by atoms with van der Waals surface area (Å²) in [6.07, 6.45) is 4.79. The van der Waals surface area contributed by atoms with Crippen molar-refractivity contribution in [3.05, 3.63) is 41.5 Å². The van der Waals surface area contributed by atoms with Crippen LogP contribution in [-0.2, 0) is 0 Å². The monoisotopic (exact) mass is 293 g/mol. The van der Waals surface area contributed by atoms with Gasteiger partial charge in [0.15, 0.2) is 0 Å². The van der Waals surface area contributed by atoms with Crippen LogP contribution in [0.1, 0.15) is 29.8 Å². The molecule has 3 aromatic rings. The van der Waals surface area contributed by atoms with E-state index in [1.807, 2.05) is 38.1 Å². The number of rotatable bonds is 1. The zero-order valence-electron chi connectivity index (χ0n) is 12.3. The zero-order chi connectivity index (χ0) is 15.5. The lowest BCUT2D eigenvalue weighted by Crippen LogP contribution is -2.27. The molecule has 0 unspecified atom stereocenters. The lowest BCUT2D eigenvalue weighted by molar-refractivity contribution is 0.112. The van der Waals surface area contributed by atoms with Gasteiger partial charge in [-0.2, -0.15) is 0 Å². The van der Waals surface area contributed by atoms with E-state index in [1.165, 1.54) is 6.07 Å². The number of hydrogen-bond acceptors (Lipinski definition) is 3. The predicted molar refractivity (Wildman–Crippen MR) is 86.6 cm³/mol. The molecule has 110 valence electrons. The molecule has 0 radical (unpaired) electrons. The van der Waals surface area contributed by atoms with Gasteiger partial charge in [-0.25, -0.2) is 0 Å². The van der Waals surface area contributed by atoms with Crippen molar-refractivity contribution in [2.45, 2.75) is 19.4 Å². The Kier molecular flexibility index (Phi) is 2.43. The van der Waals surface area contributed by atoms with E-state index in [0.29, 0.717) is 11.1 Å². The molecule has 0 fully saturated rings. The van der Waals surface area contributed by atoms with E-state index >= 15 is 0 Å². The summed E-state index contributed by atoms with van der Waals surface area (Å²) in [6, 6.07) is 7.11. The maximum atomic E-state index is 11.1. The minimum Gasteiger partial charge on any atom is -0.506 e. The Bertz CT molecular complexity index is 964. The maximum Gasteiger partial charge on any atom is 0.150 e. The van der Waals surface area contributed by atoms with Crippen LogP contribution in [0, 0.1) is 0 Å². The predicted octanol–water partition coefficient (Wildman–Crippen LogP) is 4.02. The van der Waals surface area contributed by atoms with E-state index in [-0.39, 0.29) is 11.4 Å². The molecule has 4 nitrogen and oxygen atoms in total. The SMILES string of the molecule is CC1(C)C=Cc2c(ccc3[nH]c4c(O)cc(C=O)cc4c23)O1. The molecule has 4 heteroatoms. The Morgan fingerprint density at radius 2 is 2.09 bits per heavy atom. The van der Waals surface area contributed by atoms with E-state index in [2.05, 4.69) is 4.98 Å². The highest BCUT2D eigenvalue weighted by Crippen LogP contribution is 2.41. The Labute approximate surface area is 127 Å². The van der Waals surface area contributed by atoms with E-state index in [0.717, 1.165) is 33.9 Å². The van der Waals surface area contributed by atoms with Gasteiger partial charge in [0.05, 0.1) is 5.52 Å². The molecule has 22 heavy (non-hydrogen) atoms. The molecule has 0 aliphatic carbocycles. The number of aromatic nitrogens is 1. The number of fused-ring (bicyclic) bond motifs is 5. The third-order valence-corrected chi connectivity index (χ3v) is 4.03. The second-order valence-corrected chi connectivity index (χ2v) is 6.14. The number of benzene rings is 2. The minimum atomic E-state index is -0.344. The van der Waals surface area contributed by atoms with Crippen molar-refractivity contribution in [3.63, 3.8) is 0 Å². The Hall–Kier alpha value is -2.75. The molecule has 2 aromatic carbocycles. The number of H-pyrrole nitrogens is 1. The lowest BCUT2D eigenvalue weighted by atomic mass is 9.98. The van der Waals surface area contributed by atoms with Crippen LogP contribution in [0.25, 0.3) is 27.9 Å². The molecule has 4 rings (SSSR count). The van der Waals surface area contributed by atoms with Crippen LogP contribution in [-0.4, -0.2) is 22.0 Å². The Morgan fingerprint density at radius 1 is 1.27 bits per heavy atom. The summed E-state index contributed by atoms with van der Waals surface area (Å²) in [7, 11) is 0. The van der Waals surface area contributed by atoms with Crippen LogP contribution in [0.3, 0.4) is 0 Å². The van der Waals surface area contributed by atoms with Gasteiger partial charge in [-0.15, -0.1) is 0 Å². The summed E-state index contributed by atoms with van der Waals surface area (Å²) >= 11 is 0. The van der Waals surface area contributed by atoms with Crippen molar-refractivity contribution in [2.75, 3.05) is 0 Å². The molecule has 0 saturated heterocycles. The minimum absolute atomic E-state index is 0.0746. The number of aromatic hydroxyl groups is 1. The van der Waals surface area contributed by atoms with E-state index in [4.69, 9.17) is 4.74 Å². The number of hydrogen-bond donors (Lipinski definition) is 2. The second kappa shape index (κ2) is 4.13. The fraction of sp³-hybridized carbons (Fsp3) is 0.167. The molecule has 0 saturated carbocycles. The van der Waals surface area contributed by atoms with Crippen molar-refractivity contribution in [1.29, 1.82) is 0 Å². The van der Waals surface area contributed by atoms with Crippen molar-refractivity contribution in [2.24, 2.45) is 0 Å². The maximum absolute atomic E-state index is 11.1. The number of ether oxygens (including phenoxy) is 1. The summed E-state index contributed by atoms with van der Waals surface area (Å²) < 4.78 is 6.00. The molecule has 0 spiro atoms. The second-order valence-electron chi connectivity index (χ2n) is 6.14. The number of carbonyl (C=O) groups is 1. The van der Waals surface area contributed by atoms with E-state index in [1.54, 1.807) is 6.07 Å². The number of carbonyl (C=O) groups excluding carboxylic acids is 1. The van der Waals surface area contributed by atoms with Crippen LogP contribution >= 0.6 is 0 Å². The summed E-state index contributed by atoms with van der Waals surface area (Å²) in [4.78, 5) is 14.3. The highest BCUT2D eigenvalue weighted by molar-refractivity contribution is 6.14. The fourth-order valence-electron chi connectivity index (χ4n) is 3.03. The van der Waals surface area contributed by atoms with Crippen molar-refractivity contribution in [3.8, 4) is 11.5 Å². The Balaban J connectivity index is 2.14. The largest absolute Gasteiger partial charge is 0.506 e. The average Bonchev–Trinajstić information content (AvgIpc) is 2.85. The first-order valence-corrected chi connectivity index (χ1v) is 7.13. The molecular weight excluding hydrogens is 278 g/mol. The normalized spacial score (nSPS) is 15.7. The third-order valence-electron chi connectivity index (χ3n) is 4.03. The zero-order valence-corrected chi connectivity index (χ0v) is 12.3. The van der Waals surface area contributed by atoms with Crippen LogP contribution < -0.4 is 4.74 Å². The highest BCUT2D eigenvalue weighted by atomic mass is 16.5. The number of aromatic amines is 1. The van der Waals surface area contributed by atoms with Gasteiger partial charge in [0, 0.05) is 27.4 Å². The van der Waals surface area contributed by atoms with E-state index in [9.17, 15) is 9.90 Å². The fourth-order valence-corrected chi connectivity index (χ4v) is 3.03. The lowest BCUT2D eigenvalue weighted by Gasteiger charge is -2.28. The number of phenols is 1. The van der Waals surface area contributed by atoms with Gasteiger partial charge < -0.3 is 14.8 Å². The first kappa shape index (κ1) is 13.0. The van der Waals surface area contributed by atoms with Gasteiger partial charge in [-0.05, 0) is 44.2 Å². The summed E-state index contributed by atoms with van der Waals surface area (Å²) in [5.74, 6) is 0.877. The summed E-state index contributed by atoms with van der Waals surface area (Å²) in [6.45, 7) is 4.00. The van der Waals surface area contributed by atoms with Gasteiger partial charge >= 0.3 is 0 Å². The first-order chi connectivity index (χ1) is 10.5. The molecule has 1 aliphatic heterocycles. The van der Waals surface area contributed by atoms with Gasteiger partial charge in [0.2, 0.25) is 0 Å². The molecule has 0 bridgehead atoms. The molecule has 1 aromatic heterocycles. The van der Waals surface area contributed by atoms with E-state index < -0.39 is 0 Å². The van der Waals surface area contributed by atoms with Gasteiger partial charge in [-0.3, -0.25) is 4.79 Å². The topological polar surface area (TPSA) is 62.3 Å². The number of phenolic OH excluding ortho intramolecular Hbond substituents is 1. The summed E-state index contributed by atoms with van der Waals surface area (Å²) in [5, 5.41) is 11.9. The van der Waals surface area contributed by atoms with Crippen LogP contribution in [0.15, 0.2) is 30.3 Å². The third kappa shape index (κ3) is 1.73. The number of nitrogens with one attached hydrogen (secondary N) is 1. The van der Waals surface area contributed by atoms with Gasteiger partial charge in [-0.1, -0.05) is 6.08 Å². The Morgan fingerprint density at radius 3 is 2.86 bits per heavy atom. The van der Waals surface area contributed by atoms with Gasteiger partial charge in [0.1, 0.15) is 23.4 Å². The van der Waals surface area contributed by atoms with Crippen LogP contribution in [0.5, 0.6) is 11.5 Å². The molecule has 0 atom stereocenters. The van der Waals surface area contributed by atoms with Crippen molar-refractivity contribution >= 4 is 34.2 Å².